The molecule has 0 bridgehead atoms. The molecule has 0 fully saturated rings. The standard InChI is InChI=1S/C9H10N4O2/c1-6-11-7(2)13-8(12-6)5-15-9(14)3-4-10/h3,5H2,1-2H3. The molecule has 6 nitrogen and oxygen atoms in total. The predicted molar refractivity (Wildman–Crippen MR) is 49.3 cm³/mol. The summed E-state index contributed by atoms with van der Waals surface area (Å²) in [5.41, 5.74) is 0. The molecule has 0 aliphatic rings. The Balaban J connectivity index is 2.58. The molecule has 0 saturated carbocycles. The van der Waals surface area contributed by atoms with E-state index in [9.17, 15) is 4.79 Å². The van der Waals surface area contributed by atoms with Crippen molar-refractivity contribution in [2.45, 2.75) is 26.9 Å². The van der Waals surface area contributed by atoms with E-state index < -0.39 is 5.97 Å². The van der Waals surface area contributed by atoms with Crippen LogP contribution < -0.4 is 0 Å². The molecule has 0 atom stereocenters. The van der Waals surface area contributed by atoms with Crippen LogP contribution in [0.3, 0.4) is 0 Å². The van der Waals surface area contributed by atoms with E-state index in [2.05, 4.69) is 15.0 Å². The van der Waals surface area contributed by atoms with Gasteiger partial charge in [-0.2, -0.15) is 5.26 Å². The summed E-state index contributed by atoms with van der Waals surface area (Å²) in [6.07, 6.45) is -0.261. The molecule has 15 heavy (non-hydrogen) atoms. The van der Waals surface area contributed by atoms with Crippen LogP contribution in [0.15, 0.2) is 0 Å². The van der Waals surface area contributed by atoms with E-state index in [4.69, 9.17) is 10.00 Å². The highest BCUT2D eigenvalue weighted by atomic mass is 16.5. The van der Waals surface area contributed by atoms with E-state index in [0.29, 0.717) is 17.5 Å². The average Bonchev–Trinajstić information content (AvgIpc) is 2.14. The van der Waals surface area contributed by atoms with Crippen LogP contribution in [0.4, 0.5) is 0 Å². The predicted octanol–water partition coefficient (Wildman–Crippen LogP) is 0.445. The molecule has 0 aromatic carbocycles. The summed E-state index contributed by atoms with van der Waals surface area (Å²) in [7, 11) is 0. The Labute approximate surface area is 86.9 Å². The highest BCUT2D eigenvalue weighted by Crippen LogP contribution is 1.97. The lowest BCUT2D eigenvalue weighted by atomic mass is 10.5. The molecule has 0 radical (unpaired) electrons. The molecule has 1 aromatic heterocycles. The largest absolute Gasteiger partial charge is 0.457 e. The number of ether oxygens (including phenoxy) is 1. The molecule has 78 valence electrons. The third-order valence-corrected chi connectivity index (χ3v) is 1.49. The van der Waals surface area contributed by atoms with Crippen LogP contribution in [-0.4, -0.2) is 20.9 Å². The first kappa shape index (κ1) is 11.0. The molecule has 0 N–H and O–H groups in total. The fourth-order valence-corrected chi connectivity index (χ4v) is 1.01. The second kappa shape index (κ2) is 5.00. The molecule has 1 rings (SSSR count). The molecule has 6 heteroatoms. The topological polar surface area (TPSA) is 88.8 Å². The monoisotopic (exact) mass is 206 g/mol. The lowest BCUT2D eigenvalue weighted by molar-refractivity contribution is -0.143. The van der Waals surface area contributed by atoms with Gasteiger partial charge in [-0.05, 0) is 13.8 Å². The molecule has 0 aliphatic heterocycles. The normalized spacial score (nSPS) is 9.40. The number of nitriles is 1. The maximum Gasteiger partial charge on any atom is 0.320 e. The Bertz CT molecular complexity index is 391. The third-order valence-electron chi connectivity index (χ3n) is 1.49. The van der Waals surface area contributed by atoms with E-state index >= 15 is 0 Å². The molecule has 1 aromatic rings. The van der Waals surface area contributed by atoms with Gasteiger partial charge in [0.25, 0.3) is 0 Å². The molecule has 0 unspecified atom stereocenters. The van der Waals surface area contributed by atoms with E-state index in [0.717, 1.165) is 0 Å². The summed E-state index contributed by atoms with van der Waals surface area (Å²) < 4.78 is 4.76. The van der Waals surface area contributed by atoms with Crippen LogP contribution in [0.25, 0.3) is 0 Å². The van der Waals surface area contributed by atoms with Crippen LogP contribution >= 0.6 is 0 Å². The van der Waals surface area contributed by atoms with Gasteiger partial charge in [0.15, 0.2) is 12.4 Å². The van der Waals surface area contributed by atoms with Crippen molar-refractivity contribution in [3.8, 4) is 6.07 Å². The van der Waals surface area contributed by atoms with Gasteiger partial charge in [-0.25, -0.2) is 15.0 Å². The van der Waals surface area contributed by atoms with Crippen molar-refractivity contribution in [1.29, 1.82) is 5.26 Å². The quantitative estimate of drug-likeness (QED) is 0.667. The second-order valence-electron chi connectivity index (χ2n) is 2.84. The zero-order valence-electron chi connectivity index (χ0n) is 8.52. The van der Waals surface area contributed by atoms with Gasteiger partial charge in [0.2, 0.25) is 0 Å². The smallest absolute Gasteiger partial charge is 0.320 e. The number of hydrogen-bond donors (Lipinski definition) is 0. The van der Waals surface area contributed by atoms with Crippen molar-refractivity contribution in [2.75, 3.05) is 0 Å². The molecular formula is C9H10N4O2. The van der Waals surface area contributed by atoms with Crippen LogP contribution in [0, 0.1) is 25.2 Å². The summed E-state index contributed by atoms with van der Waals surface area (Å²) in [5, 5.41) is 8.23. The Morgan fingerprint density at radius 2 is 1.93 bits per heavy atom. The lowest BCUT2D eigenvalue weighted by Gasteiger charge is -2.02. The fourth-order valence-electron chi connectivity index (χ4n) is 1.01. The highest BCUT2D eigenvalue weighted by Gasteiger charge is 2.05. The Morgan fingerprint density at radius 1 is 1.33 bits per heavy atom. The maximum absolute atomic E-state index is 10.9. The van der Waals surface area contributed by atoms with Crippen LogP contribution in [0.2, 0.25) is 0 Å². The SMILES string of the molecule is Cc1nc(C)nc(COC(=O)CC#N)n1. The highest BCUT2D eigenvalue weighted by molar-refractivity contribution is 5.71. The zero-order valence-corrected chi connectivity index (χ0v) is 8.52. The Morgan fingerprint density at radius 3 is 2.47 bits per heavy atom. The van der Waals surface area contributed by atoms with Gasteiger partial charge in [0.05, 0.1) is 6.07 Å². The summed E-state index contributed by atoms with van der Waals surface area (Å²) in [6, 6.07) is 1.70. The van der Waals surface area contributed by atoms with Gasteiger partial charge in [-0.15, -0.1) is 0 Å². The van der Waals surface area contributed by atoms with Crippen LogP contribution in [-0.2, 0) is 16.1 Å². The van der Waals surface area contributed by atoms with Crippen LogP contribution in [0.1, 0.15) is 23.9 Å². The third kappa shape index (κ3) is 3.68. The molecular weight excluding hydrogens is 196 g/mol. The van der Waals surface area contributed by atoms with Gasteiger partial charge in [-0.3, -0.25) is 4.79 Å². The van der Waals surface area contributed by atoms with Crippen LogP contribution in [0.5, 0.6) is 0 Å². The van der Waals surface area contributed by atoms with Crippen molar-refractivity contribution in [3.63, 3.8) is 0 Å². The number of carbonyl (C=O) groups is 1. The number of carbonyl (C=O) groups excluding carboxylic acids is 1. The van der Waals surface area contributed by atoms with Gasteiger partial charge < -0.3 is 4.74 Å². The van der Waals surface area contributed by atoms with Gasteiger partial charge in [-0.1, -0.05) is 0 Å². The number of nitrogens with zero attached hydrogens (tertiary/aromatic N) is 4. The summed E-state index contributed by atoms with van der Waals surface area (Å²) >= 11 is 0. The summed E-state index contributed by atoms with van der Waals surface area (Å²) in [4.78, 5) is 22.8. The van der Waals surface area contributed by atoms with Crippen molar-refractivity contribution >= 4 is 5.97 Å². The van der Waals surface area contributed by atoms with Crippen molar-refractivity contribution in [2.24, 2.45) is 0 Å². The summed E-state index contributed by atoms with van der Waals surface area (Å²) in [5.74, 6) is 0.974. The van der Waals surface area contributed by atoms with E-state index in [1.54, 1.807) is 19.9 Å². The molecule has 0 amide bonds. The Kier molecular flexibility index (Phi) is 3.68. The fraction of sp³-hybridized carbons (Fsp3) is 0.444. The second-order valence-corrected chi connectivity index (χ2v) is 2.84. The van der Waals surface area contributed by atoms with E-state index in [1.807, 2.05) is 0 Å². The van der Waals surface area contributed by atoms with Gasteiger partial charge in [0, 0.05) is 0 Å². The number of rotatable bonds is 3. The minimum atomic E-state index is -0.576. The molecule has 0 saturated heterocycles. The number of aryl methyl sites for hydroxylation is 2. The van der Waals surface area contributed by atoms with Gasteiger partial charge in [0.1, 0.15) is 18.1 Å². The maximum atomic E-state index is 10.9. The van der Waals surface area contributed by atoms with Crippen molar-refractivity contribution in [3.05, 3.63) is 17.5 Å². The summed E-state index contributed by atoms with van der Waals surface area (Å²) in [6.45, 7) is 3.44. The van der Waals surface area contributed by atoms with Crippen molar-refractivity contribution < 1.29 is 9.53 Å². The van der Waals surface area contributed by atoms with E-state index in [-0.39, 0.29) is 13.0 Å². The van der Waals surface area contributed by atoms with Gasteiger partial charge >= 0.3 is 5.97 Å². The lowest BCUT2D eigenvalue weighted by Crippen LogP contribution is -2.08. The molecule has 0 spiro atoms. The average molecular weight is 206 g/mol. The molecule has 1 heterocycles. The Hall–Kier alpha value is -2.03. The first-order valence-electron chi connectivity index (χ1n) is 4.32. The van der Waals surface area contributed by atoms with E-state index in [1.165, 1.54) is 0 Å². The minimum absolute atomic E-state index is 0.0231. The van der Waals surface area contributed by atoms with Crippen molar-refractivity contribution in [1.82, 2.24) is 15.0 Å². The first-order valence-corrected chi connectivity index (χ1v) is 4.32. The number of esters is 1. The minimum Gasteiger partial charge on any atom is -0.457 e. The zero-order chi connectivity index (χ0) is 11.3. The number of hydrogen-bond acceptors (Lipinski definition) is 6. The number of aromatic nitrogens is 3. The first-order chi connectivity index (χ1) is 7.11. The molecule has 0 aliphatic carbocycles.